The molecular formula is C14H15F4NO3. The summed E-state index contributed by atoms with van der Waals surface area (Å²) in [6.45, 7) is 3.43. The highest BCUT2D eigenvalue weighted by Gasteiger charge is 2.36. The quantitative estimate of drug-likeness (QED) is 0.819. The van der Waals surface area contributed by atoms with Crippen molar-refractivity contribution in [2.75, 3.05) is 0 Å². The summed E-state index contributed by atoms with van der Waals surface area (Å²) in [7, 11) is 0. The maximum Gasteiger partial charge on any atom is 0.419 e. The van der Waals surface area contributed by atoms with Crippen LogP contribution in [-0.4, -0.2) is 23.0 Å². The van der Waals surface area contributed by atoms with Crippen molar-refractivity contribution < 1.29 is 32.3 Å². The van der Waals surface area contributed by atoms with Crippen LogP contribution in [0.1, 0.15) is 36.2 Å². The Hall–Kier alpha value is -2.12. The molecule has 0 aliphatic heterocycles. The number of carbonyl (C=O) groups excluding carboxylic acids is 1. The van der Waals surface area contributed by atoms with E-state index in [1.54, 1.807) is 13.8 Å². The minimum Gasteiger partial charge on any atom is -0.480 e. The predicted molar refractivity (Wildman–Crippen MR) is 69.7 cm³/mol. The van der Waals surface area contributed by atoms with E-state index in [9.17, 15) is 27.2 Å². The number of carbonyl (C=O) groups is 2. The van der Waals surface area contributed by atoms with Crippen molar-refractivity contribution in [3.8, 4) is 0 Å². The maximum atomic E-state index is 13.8. The van der Waals surface area contributed by atoms with Crippen molar-refractivity contribution in [2.45, 2.75) is 32.5 Å². The summed E-state index contributed by atoms with van der Waals surface area (Å²) >= 11 is 0. The first-order valence-electron chi connectivity index (χ1n) is 6.43. The third-order valence-corrected chi connectivity index (χ3v) is 2.86. The van der Waals surface area contributed by atoms with Crippen molar-refractivity contribution >= 4 is 11.9 Å². The lowest BCUT2D eigenvalue weighted by molar-refractivity contribution is -0.140. The van der Waals surface area contributed by atoms with Crippen LogP contribution < -0.4 is 5.32 Å². The summed E-state index contributed by atoms with van der Waals surface area (Å²) in [5, 5.41) is 11.0. The van der Waals surface area contributed by atoms with Gasteiger partial charge in [0.2, 0.25) is 0 Å². The Bertz CT molecular complexity index is 570. The molecule has 0 aromatic heterocycles. The Balaban J connectivity index is 3.06. The predicted octanol–water partition coefficient (Wildman–Crippen LogP) is 3.07. The van der Waals surface area contributed by atoms with E-state index < -0.39 is 41.0 Å². The number of rotatable bonds is 5. The van der Waals surface area contributed by atoms with Gasteiger partial charge in [-0.25, -0.2) is 9.18 Å². The molecule has 0 saturated carbocycles. The van der Waals surface area contributed by atoms with Crippen LogP contribution in [0, 0.1) is 11.7 Å². The van der Waals surface area contributed by atoms with Crippen LogP contribution in [-0.2, 0) is 11.0 Å². The SMILES string of the molecule is CC(C)C[C@H](NC(=O)c1cccc(C(F)(F)F)c1F)C(=O)O. The number of hydrogen-bond acceptors (Lipinski definition) is 2. The number of amides is 1. The van der Waals surface area contributed by atoms with Gasteiger partial charge in [0.05, 0.1) is 11.1 Å². The molecule has 0 bridgehead atoms. The Kier molecular flexibility index (Phi) is 5.51. The zero-order valence-electron chi connectivity index (χ0n) is 11.9. The number of nitrogens with one attached hydrogen (secondary N) is 1. The molecule has 0 radical (unpaired) electrons. The number of benzene rings is 1. The van der Waals surface area contributed by atoms with E-state index in [2.05, 4.69) is 0 Å². The Labute approximate surface area is 124 Å². The van der Waals surface area contributed by atoms with E-state index in [1.165, 1.54) is 0 Å². The summed E-state index contributed by atoms with van der Waals surface area (Å²) in [4.78, 5) is 22.9. The van der Waals surface area contributed by atoms with Gasteiger partial charge < -0.3 is 10.4 Å². The number of carboxylic acids is 1. The molecule has 0 heterocycles. The average molecular weight is 321 g/mol. The largest absolute Gasteiger partial charge is 0.480 e. The lowest BCUT2D eigenvalue weighted by Crippen LogP contribution is -2.42. The maximum absolute atomic E-state index is 13.8. The monoisotopic (exact) mass is 321 g/mol. The zero-order valence-corrected chi connectivity index (χ0v) is 11.9. The summed E-state index contributed by atoms with van der Waals surface area (Å²) in [6, 6.07) is 0.962. The van der Waals surface area contributed by atoms with Crippen LogP contribution in [0.15, 0.2) is 18.2 Å². The van der Waals surface area contributed by atoms with Gasteiger partial charge in [-0.3, -0.25) is 4.79 Å². The first-order valence-corrected chi connectivity index (χ1v) is 6.43. The van der Waals surface area contributed by atoms with Gasteiger partial charge in [-0.1, -0.05) is 19.9 Å². The van der Waals surface area contributed by atoms with Gasteiger partial charge in [-0.05, 0) is 24.5 Å². The van der Waals surface area contributed by atoms with Crippen molar-refractivity contribution in [1.82, 2.24) is 5.32 Å². The fraction of sp³-hybridized carbons (Fsp3) is 0.429. The molecule has 4 nitrogen and oxygen atoms in total. The second-order valence-corrected chi connectivity index (χ2v) is 5.16. The van der Waals surface area contributed by atoms with Gasteiger partial charge in [0.25, 0.3) is 5.91 Å². The standard InChI is InChI=1S/C14H15F4NO3/c1-7(2)6-10(13(21)22)19-12(20)8-4-3-5-9(11(8)15)14(16,17)18/h3-5,7,10H,6H2,1-2H3,(H,19,20)(H,21,22)/t10-/m0/s1. The van der Waals surface area contributed by atoms with Crippen LogP contribution >= 0.6 is 0 Å². The number of alkyl halides is 3. The van der Waals surface area contributed by atoms with Crippen LogP contribution in [0.4, 0.5) is 17.6 Å². The highest BCUT2D eigenvalue weighted by atomic mass is 19.4. The summed E-state index contributed by atoms with van der Waals surface area (Å²) in [6.07, 6.45) is -4.87. The molecule has 0 aliphatic rings. The number of aliphatic carboxylic acids is 1. The lowest BCUT2D eigenvalue weighted by Gasteiger charge is -2.17. The van der Waals surface area contributed by atoms with Crippen LogP contribution in [0.3, 0.4) is 0 Å². The van der Waals surface area contributed by atoms with Crippen LogP contribution in [0.2, 0.25) is 0 Å². The van der Waals surface area contributed by atoms with Gasteiger partial charge in [0.15, 0.2) is 0 Å². The molecule has 22 heavy (non-hydrogen) atoms. The van der Waals surface area contributed by atoms with Crippen molar-refractivity contribution in [3.05, 3.63) is 35.1 Å². The Morgan fingerprint density at radius 2 is 1.86 bits per heavy atom. The third-order valence-electron chi connectivity index (χ3n) is 2.86. The fourth-order valence-corrected chi connectivity index (χ4v) is 1.86. The fourth-order valence-electron chi connectivity index (χ4n) is 1.86. The highest BCUT2D eigenvalue weighted by molar-refractivity contribution is 5.97. The summed E-state index contributed by atoms with van der Waals surface area (Å²) < 4.78 is 51.6. The third kappa shape index (κ3) is 4.44. The lowest BCUT2D eigenvalue weighted by atomic mass is 10.0. The highest BCUT2D eigenvalue weighted by Crippen LogP contribution is 2.32. The topological polar surface area (TPSA) is 66.4 Å². The van der Waals surface area contributed by atoms with Crippen molar-refractivity contribution in [3.63, 3.8) is 0 Å². The molecule has 0 spiro atoms. The summed E-state index contributed by atoms with van der Waals surface area (Å²) in [5.74, 6) is -4.33. The van der Waals surface area contributed by atoms with E-state index in [4.69, 9.17) is 5.11 Å². The van der Waals surface area contributed by atoms with E-state index in [1.807, 2.05) is 5.32 Å². The van der Waals surface area contributed by atoms with Gasteiger partial charge in [-0.2, -0.15) is 13.2 Å². The molecule has 0 unspecified atom stereocenters. The molecule has 122 valence electrons. The molecule has 1 aromatic rings. The second kappa shape index (κ2) is 6.76. The second-order valence-electron chi connectivity index (χ2n) is 5.16. The van der Waals surface area contributed by atoms with Gasteiger partial charge >= 0.3 is 12.1 Å². The first-order chi connectivity index (χ1) is 10.0. The number of hydrogen-bond donors (Lipinski definition) is 2. The zero-order chi connectivity index (χ0) is 17.1. The number of halogens is 4. The Morgan fingerprint density at radius 3 is 2.32 bits per heavy atom. The van der Waals surface area contributed by atoms with Crippen LogP contribution in [0.5, 0.6) is 0 Å². The number of carboxylic acid groups (broad SMARTS) is 1. The van der Waals surface area contributed by atoms with Crippen molar-refractivity contribution in [1.29, 1.82) is 0 Å². The van der Waals surface area contributed by atoms with Gasteiger partial charge in [0, 0.05) is 0 Å². The average Bonchev–Trinajstić information content (AvgIpc) is 2.35. The molecule has 0 saturated heterocycles. The van der Waals surface area contributed by atoms with Gasteiger partial charge in [-0.15, -0.1) is 0 Å². The van der Waals surface area contributed by atoms with Crippen LogP contribution in [0.25, 0.3) is 0 Å². The first kappa shape index (κ1) is 17.9. The molecule has 2 N–H and O–H groups in total. The van der Waals surface area contributed by atoms with E-state index in [0.29, 0.717) is 6.07 Å². The molecule has 0 fully saturated rings. The summed E-state index contributed by atoms with van der Waals surface area (Å²) in [5.41, 5.74) is -2.42. The molecule has 1 rings (SSSR count). The molecule has 8 heteroatoms. The molecule has 1 amide bonds. The molecule has 1 atom stereocenters. The Morgan fingerprint density at radius 1 is 1.27 bits per heavy atom. The van der Waals surface area contributed by atoms with E-state index >= 15 is 0 Å². The normalized spacial score (nSPS) is 13.0. The minimum absolute atomic E-state index is 0.0711. The van der Waals surface area contributed by atoms with Gasteiger partial charge in [0.1, 0.15) is 11.9 Å². The molecular weight excluding hydrogens is 306 g/mol. The van der Waals surface area contributed by atoms with E-state index in [-0.39, 0.29) is 12.3 Å². The minimum atomic E-state index is -4.94. The van der Waals surface area contributed by atoms with Crippen molar-refractivity contribution in [2.24, 2.45) is 5.92 Å². The smallest absolute Gasteiger partial charge is 0.419 e. The van der Waals surface area contributed by atoms with E-state index in [0.717, 1.165) is 12.1 Å². The molecule has 1 aromatic carbocycles. The molecule has 0 aliphatic carbocycles.